The van der Waals surface area contributed by atoms with E-state index in [0.29, 0.717) is 16.7 Å². The molecule has 0 amide bonds. The van der Waals surface area contributed by atoms with Gasteiger partial charge in [-0.2, -0.15) is 0 Å². The van der Waals surface area contributed by atoms with Crippen molar-refractivity contribution in [3.05, 3.63) is 89.5 Å². The topological polar surface area (TPSA) is 253 Å². The van der Waals surface area contributed by atoms with Gasteiger partial charge in [-0.15, -0.1) is 0 Å². The maximum atomic E-state index is 13.5. The molecule has 1 aliphatic heterocycles. The number of hydrogen-bond donors (Lipinski definition) is 9. The second-order valence-corrected chi connectivity index (χ2v) is 12.3. The number of phenolic OH excluding ortho intramolecular Hbond substituents is 2. The number of carbonyl (C=O) groups is 2. The van der Waals surface area contributed by atoms with Gasteiger partial charge in [-0.05, 0) is 66.9 Å². The van der Waals surface area contributed by atoms with Crippen LogP contribution in [0.5, 0.6) is 17.2 Å². The van der Waals surface area contributed by atoms with Crippen LogP contribution in [-0.4, -0.2) is 119 Å². The van der Waals surface area contributed by atoms with E-state index in [9.17, 15) is 55.5 Å². The maximum Gasteiger partial charge on any atom is 0.342 e. The molecule has 1 aliphatic rings. The largest absolute Gasteiger partial charge is 0.508 e. The van der Waals surface area contributed by atoms with Crippen LogP contribution < -0.4 is 4.74 Å². The first kappa shape index (κ1) is 38.5. The fourth-order valence-corrected chi connectivity index (χ4v) is 5.22. The predicted octanol–water partition coefficient (Wildman–Crippen LogP) is -0.420. The number of carbonyl (C=O) groups excluding carboxylic acids is 2. The summed E-state index contributed by atoms with van der Waals surface area (Å²) in [6.07, 6.45) is -11.6. The van der Waals surface area contributed by atoms with Crippen LogP contribution in [0.3, 0.4) is 0 Å². The van der Waals surface area contributed by atoms with E-state index in [4.69, 9.17) is 18.9 Å². The molecule has 0 saturated carbocycles. The maximum absolute atomic E-state index is 13.5. The zero-order valence-electron chi connectivity index (χ0n) is 27.3. The van der Waals surface area contributed by atoms with Crippen molar-refractivity contribution in [1.29, 1.82) is 0 Å². The molecule has 0 aromatic heterocycles. The molecule has 4 rings (SSSR count). The van der Waals surface area contributed by atoms with Crippen LogP contribution >= 0.6 is 0 Å². The van der Waals surface area contributed by atoms with E-state index >= 15 is 0 Å². The molecular formula is C35H42O15. The van der Waals surface area contributed by atoms with Crippen LogP contribution in [0.4, 0.5) is 0 Å². The number of benzene rings is 3. The summed E-state index contributed by atoms with van der Waals surface area (Å²) in [6.45, 7) is 1.38. The summed E-state index contributed by atoms with van der Waals surface area (Å²) in [5, 5.41) is 92.2. The summed E-state index contributed by atoms with van der Waals surface area (Å²) in [7, 11) is 0. The SMILES string of the molecule is C[C@H](OC(=O)[C@@](O)(Cc1ccc(O)cc1)[C@@H](C)O)[C@@](O)(Cc1ccc(O)cc1)C(=O)OCc1ccc(O[C@@H]2O[C@@H](CO)[C@@H](O)[C@@H](O)[C@H]2O)cc1. The van der Waals surface area contributed by atoms with Crippen molar-refractivity contribution < 1.29 is 74.5 Å². The summed E-state index contributed by atoms with van der Waals surface area (Å²) in [6, 6.07) is 16.9. The lowest BCUT2D eigenvalue weighted by Crippen LogP contribution is -2.60. The van der Waals surface area contributed by atoms with Gasteiger partial charge in [0.25, 0.3) is 0 Å². The molecule has 0 spiro atoms. The number of rotatable bonds is 14. The molecule has 50 heavy (non-hydrogen) atoms. The van der Waals surface area contributed by atoms with Crippen molar-refractivity contribution in [2.45, 2.75) is 87.4 Å². The second-order valence-electron chi connectivity index (χ2n) is 12.3. The van der Waals surface area contributed by atoms with Gasteiger partial charge in [-0.25, -0.2) is 9.59 Å². The molecule has 3 aromatic carbocycles. The minimum absolute atomic E-state index is 0.0549. The van der Waals surface area contributed by atoms with Gasteiger partial charge in [0.2, 0.25) is 11.9 Å². The molecule has 0 bridgehead atoms. The predicted molar refractivity (Wildman–Crippen MR) is 171 cm³/mol. The van der Waals surface area contributed by atoms with Crippen LogP contribution in [0.25, 0.3) is 0 Å². The van der Waals surface area contributed by atoms with Crippen LogP contribution in [0.15, 0.2) is 72.8 Å². The van der Waals surface area contributed by atoms with Gasteiger partial charge in [0, 0.05) is 12.8 Å². The second kappa shape index (κ2) is 16.1. The Labute approximate surface area is 287 Å². The molecule has 1 fully saturated rings. The zero-order valence-corrected chi connectivity index (χ0v) is 27.3. The Bertz CT molecular complexity index is 1560. The fraction of sp³-hybridized carbons (Fsp3) is 0.429. The Morgan fingerprint density at radius 2 is 1.24 bits per heavy atom. The third-order valence-corrected chi connectivity index (χ3v) is 8.57. The first-order valence-electron chi connectivity index (χ1n) is 15.7. The molecular weight excluding hydrogens is 660 g/mol. The minimum atomic E-state index is -2.53. The summed E-state index contributed by atoms with van der Waals surface area (Å²) < 4.78 is 21.8. The molecule has 272 valence electrons. The Morgan fingerprint density at radius 1 is 0.740 bits per heavy atom. The van der Waals surface area contributed by atoms with Crippen molar-refractivity contribution in [1.82, 2.24) is 0 Å². The van der Waals surface area contributed by atoms with Gasteiger partial charge in [0.05, 0.1) is 12.7 Å². The van der Waals surface area contributed by atoms with Crippen LogP contribution in [0.2, 0.25) is 0 Å². The number of aliphatic hydroxyl groups excluding tert-OH is 5. The number of aromatic hydroxyl groups is 2. The molecule has 15 nitrogen and oxygen atoms in total. The van der Waals surface area contributed by atoms with Crippen LogP contribution in [-0.2, 0) is 43.2 Å². The Kier molecular flexibility index (Phi) is 12.4. The van der Waals surface area contributed by atoms with Crippen LogP contribution in [0, 0.1) is 0 Å². The lowest BCUT2D eigenvalue weighted by molar-refractivity contribution is -0.277. The first-order chi connectivity index (χ1) is 23.6. The molecule has 9 N–H and O–H groups in total. The highest BCUT2D eigenvalue weighted by atomic mass is 16.7. The van der Waals surface area contributed by atoms with Gasteiger partial charge in [0.15, 0.2) is 5.60 Å². The summed E-state index contributed by atoms with van der Waals surface area (Å²) in [5.74, 6) is -2.51. The van der Waals surface area contributed by atoms with E-state index in [1.807, 2.05) is 0 Å². The Morgan fingerprint density at radius 3 is 1.74 bits per heavy atom. The smallest absolute Gasteiger partial charge is 0.342 e. The molecule has 9 atom stereocenters. The van der Waals surface area contributed by atoms with Gasteiger partial charge in [-0.3, -0.25) is 0 Å². The van der Waals surface area contributed by atoms with E-state index in [2.05, 4.69) is 0 Å². The third kappa shape index (κ3) is 8.88. The highest BCUT2D eigenvalue weighted by Gasteiger charge is 2.50. The van der Waals surface area contributed by atoms with E-state index in [-0.39, 0.29) is 23.9 Å². The highest BCUT2D eigenvalue weighted by molar-refractivity contribution is 5.84. The minimum Gasteiger partial charge on any atom is -0.508 e. The Hall–Kier alpha value is -4.32. The summed E-state index contributed by atoms with van der Waals surface area (Å²) in [4.78, 5) is 26.9. The number of ether oxygens (including phenoxy) is 4. The van der Waals surface area contributed by atoms with E-state index in [1.54, 1.807) is 0 Å². The highest BCUT2D eigenvalue weighted by Crippen LogP contribution is 2.29. The standard InChI is InChI=1S/C35H42O15/c1-19(37)34(45,15-21-3-9-24(38)10-4-21)33(44)48-20(2)35(46,16-22-5-11-25(39)12-6-22)32(43)47-18-23-7-13-26(14-8-23)49-31-30(42)29(41)28(40)27(17-36)50-31/h3-14,19-20,27-31,36-42,45-46H,15-18H2,1-2H3/t19-,20+,27+,28-,29-,30-,31-,34-,35+/m1/s1. The van der Waals surface area contributed by atoms with E-state index in [0.717, 1.165) is 0 Å². The summed E-state index contributed by atoms with van der Waals surface area (Å²) in [5.41, 5.74) is -3.90. The average molecular weight is 703 g/mol. The Balaban J connectivity index is 1.48. The quantitative estimate of drug-likeness (QED) is 0.0968. The molecule has 1 saturated heterocycles. The van der Waals surface area contributed by atoms with Crippen molar-refractivity contribution in [2.24, 2.45) is 0 Å². The number of hydrogen-bond acceptors (Lipinski definition) is 15. The number of esters is 2. The van der Waals surface area contributed by atoms with Gasteiger partial charge in [-0.1, -0.05) is 36.4 Å². The lowest BCUT2D eigenvalue weighted by atomic mass is 9.87. The first-order valence-corrected chi connectivity index (χ1v) is 15.7. The number of phenols is 2. The third-order valence-electron chi connectivity index (χ3n) is 8.57. The number of aliphatic hydroxyl groups is 7. The summed E-state index contributed by atoms with van der Waals surface area (Å²) >= 11 is 0. The molecule has 0 unspecified atom stereocenters. The van der Waals surface area contributed by atoms with E-state index < -0.39 is 85.5 Å². The molecule has 0 aliphatic carbocycles. The normalized spacial score (nSPS) is 24.2. The van der Waals surface area contributed by atoms with Crippen molar-refractivity contribution in [3.63, 3.8) is 0 Å². The fourth-order valence-electron chi connectivity index (χ4n) is 5.22. The van der Waals surface area contributed by atoms with Crippen molar-refractivity contribution >= 4 is 11.9 Å². The zero-order chi connectivity index (χ0) is 36.8. The molecule has 15 heteroatoms. The van der Waals surface area contributed by atoms with E-state index in [1.165, 1.54) is 86.6 Å². The molecule has 1 heterocycles. The molecule has 3 aromatic rings. The van der Waals surface area contributed by atoms with Crippen molar-refractivity contribution in [2.75, 3.05) is 6.61 Å². The van der Waals surface area contributed by atoms with Crippen molar-refractivity contribution in [3.8, 4) is 17.2 Å². The molecule has 0 radical (unpaired) electrons. The van der Waals surface area contributed by atoms with Gasteiger partial charge >= 0.3 is 11.9 Å². The van der Waals surface area contributed by atoms with Crippen LogP contribution in [0.1, 0.15) is 30.5 Å². The lowest BCUT2D eigenvalue weighted by Gasteiger charge is -2.39. The van der Waals surface area contributed by atoms with Gasteiger partial charge < -0.3 is 64.9 Å². The average Bonchev–Trinajstić information content (AvgIpc) is 3.09. The monoisotopic (exact) mass is 702 g/mol. The van der Waals surface area contributed by atoms with Gasteiger partial charge in [0.1, 0.15) is 54.4 Å².